The molecular formula is C14H21NO3. The zero-order chi connectivity index (χ0) is 13.8. The first-order chi connectivity index (χ1) is 8.35. The van der Waals surface area contributed by atoms with E-state index >= 15 is 0 Å². The highest BCUT2D eigenvalue weighted by Gasteiger charge is 2.21. The largest absolute Gasteiger partial charge is 0.478 e. The van der Waals surface area contributed by atoms with E-state index in [9.17, 15) is 4.79 Å². The van der Waals surface area contributed by atoms with Gasteiger partial charge in [-0.2, -0.15) is 0 Å². The van der Waals surface area contributed by atoms with Crippen molar-refractivity contribution in [3.8, 4) is 0 Å². The minimum atomic E-state index is -0.920. The number of rotatable bonds is 6. The van der Waals surface area contributed by atoms with E-state index < -0.39 is 5.97 Å². The van der Waals surface area contributed by atoms with Crippen molar-refractivity contribution in [2.45, 2.75) is 38.8 Å². The molecule has 0 aromatic heterocycles. The lowest BCUT2D eigenvalue weighted by atomic mass is 9.99. The Labute approximate surface area is 108 Å². The monoisotopic (exact) mass is 251 g/mol. The van der Waals surface area contributed by atoms with E-state index in [4.69, 9.17) is 9.84 Å². The first-order valence-corrected chi connectivity index (χ1v) is 6.00. The summed E-state index contributed by atoms with van der Waals surface area (Å²) in [6.07, 6.45) is 0.789. The van der Waals surface area contributed by atoms with Crippen LogP contribution in [0.1, 0.15) is 37.6 Å². The lowest BCUT2D eigenvalue weighted by Crippen LogP contribution is -2.31. The molecule has 1 aromatic carbocycles. The molecule has 4 heteroatoms. The average Bonchev–Trinajstić information content (AvgIpc) is 2.28. The van der Waals surface area contributed by atoms with Crippen LogP contribution >= 0.6 is 0 Å². The van der Waals surface area contributed by atoms with Crippen molar-refractivity contribution in [2.75, 3.05) is 12.4 Å². The van der Waals surface area contributed by atoms with Crippen LogP contribution in [-0.4, -0.2) is 29.8 Å². The third kappa shape index (κ3) is 4.04. The zero-order valence-electron chi connectivity index (χ0n) is 11.4. The van der Waals surface area contributed by atoms with Crippen LogP contribution in [0.15, 0.2) is 24.3 Å². The van der Waals surface area contributed by atoms with Gasteiger partial charge < -0.3 is 15.2 Å². The Morgan fingerprint density at radius 1 is 1.44 bits per heavy atom. The van der Waals surface area contributed by atoms with E-state index in [0.717, 1.165) is 6.42 Å². The minimum absolute atomic E-state index is 0.125. The molecule has 1 aromatic rings. The predicted molar refractivity (Wildman–Crippen MR) is 72.2 cm³/mol. The third-order valence-electron chi connectivity index (χ3n) is 2.91. The van der Waals surface area contributed by atoms with Crippen molar-refractivity contribution in [1.29, 1.82) is 0 Å². The van der Waals surface area contributed by atoms with Gasteiger partial charge in [-0.15, -0.1) is 0 Å². The molecule has 4 nitrogen and oxygen atoms in total. The van der Waals surface area contributed by atoms with Crippen LogP contribution in [0.25, 0.3) is 0 Å². The zero-order valence-corrected chi connectivity index (χ0v) is 11.4. The first kappa shape index (κ1) is 14.5. The summed E-state index contributed by atoms with van der Waals surface area (Å²) in [4.78, 5) is 11.1. The number of anilines is 1. The van der Waals surface area contributed by atoms with Crippen LogP contribution in [-0.2, 0) is 4.74 Å². The number of aromatic carboxylic acids is 1. The van der Waals surface area contributed by atoms with Gasteiger partial charge in [0.05, 0.1) is 11.2 Å². The van der Waals surface area contributed by atoms with E-state index in [-0.39, 0.29) is 11.6 Å². The second-order valence-corrected chi connectivity index (χ2v) is 5.06. The fourth-order valence-electron chi connectivity index (χ4n) is 1.93. The van der Waals surface area contributed by atoms with Gasteiger partial charge in [0.15, 0.2) is 0 Å². The molecule has 0 heterocycles. The SMILES string of the molecule is COC(C)(C)CC(C)Nc1ccccc1C(=O)O. The Morgan fingerprint density at radius 2 is 2.06 bits per heavy atom. The standard InChI is InChI=1S/C14H21NO3/c1-10(9-14(2,3)18-4)15-12-8-6-5-7-11(12)13(16)17/h5-8,10,15H,9H2,1-4H3,(H,16,17). The van der Waals surface area contributed by atoms with Crippen LogP contribution in [0.3, 0.4) is 0 Å². The lowest BCUT2D eigenvalue weighted by Gasteiger charge is -2.27. The van der Waals surface area contributed by atoms with Gasteiger partial charge in [-0.3, -0.25) is 0 Å². The number of carboxylic acid groups (broad SMARTS) is 1. The van der Waals surface area contributed by atoms with Gasteiger partial charge >= 0.3 is 5.97 Å². The summed E-state index contributed by atoms with van der Waals surface area (Å²) in [6.45, 7) is 6.03. The molecule has 2 N–H and O–H groups in total. The molecule has 1 atom stereocenters. The summed E-state index contributed by atoms with van der Waals surface area (Å²) >= 11 is 0. The summed E-state index contributed by atoms with van der Waals surface area (Å²) in [5.74, 6) is -0.920. The molecule has 0 aliphatic carbocycles. The first-order valence-electron chi connectivity index (χ1n) is 6.00. The lowest BCUT2D eigenvalue weighted by molar-refractivity contribution is 0.0128. The number of nitrogens with one attached hydrogen (secondary N) is 1. The Hall–Kier alpha value is -1.55. The third-order valence-corrected chi connectivity index (χ3v) is 2.91. The quantitative estimate of drug-likeness (QED) is 0.816. The summed E-state index contributed by atoms with van der Waals surface area (Å²) < 4.78 is 5.37. The van der Waals surface area contributed by atoms with E-state index in [1.165, 1.54) is 0 Å². The molecule has 0 amide bonds. The van der Waals surface area contributed by atoms with Gasteiger partial charge in [0.25, 0.3) is 0 Å². The van der Waals surface area contributed by atoms with Crippen molar-refractivity contribution in [2.24, 2.45) is 0 Å². The molecule has 100 valence electrons. The molecule has 0 aliphatic rings. The number of hydrogen-bond acceptors (Lipinski definition) is 3. The van der Waals surface area contributed by atoms with E-state index in [1.54, 1.807) is 25.3 Å². The van der Waals surface area contributed by atoms with Crippen molar-refractivity contribution in [3.05, 3.63) is 29.8 Å². The fourth-order valence-corrected chi connectivity index (χ4v) is 1.93. The number of para-hydroxylation sites is 1. The van der Waals surface area contributed by atoms with Crippen molar-refractivity contribution < 1.29 is 14.6 Å². The molecule has 0 bridgehead atoms. The molecule has 1 rings (SSSR count). The molecule has 0 spiro atoms. The Balaban J connectivity index is 2.76. The van der Waals surface area contributed by atoms with Crippen molar-refractivity contribution >= 4 is 11.7 Å². The van der Waals surface area contributed by atoms with Gasteiger partial charge in [-0.1, -0.05) is 12.1 Å². The summed E-state index contributed by atoms with van der Waals surface area (Å²) in [6, 6.07) is 7.04. The highest BCUT2D eigenvalue weighted by atomic mass is 16.5. The molecule has 0 fully saturated rings. The van der Waals surface area contributed by atoms with Gasteiger partial charge in [-0.05, 0) is 39.3 Å². The Morgan fingerprint density at radius 3 is 2.61 bits per heavy atom. The number of ether oxygens (including phenoxy) is 1. The van der Waals surface area contributed by atoms with Crippen LogP contribution in [0.5, 0.6) is 0 Å². The smallest absolute Gasteiger partial charge is 0.337 e. The van der Waals surface area contributed by atoms with E-state index in [2.05, 4.69) is 5.32 Å². The van der Waals surface area contributed by atoms with E-state index in [0.29, 0.717) is 11.3 Å². The fraction of sp³-hybridized carbons (Fsp3) is 0.500. The number of hydrogen-bond donors (Lipinski definition) is 2. The summed E-state index contributed by atoms with van der Waals surface area (Å²) in [5, 5.41) is 12.3. The van der Waals surface area contributed by atoms with Gasteiger partial charge in [0, 0.05) is 18.8 Å². The van der Waals surface area contributed by atoms with Crippen LogP contribution in [0.2, 0.25) is 0 Å². The van der Waals surface area contributed by atoms with Crippen LogP contribution in [0.4, 0.5) is 5.69 Å². The van der Waals surface area contributed by atoms with Gasteiger partial charge in [-0.25, -0.2) is 4.79 Å². The Kier molecular flexibility index (Phi) is 4.73. The Bertz CT molecular complexity index is 415. The number of carboxylic acids is 1. The average molecular weight is 251 g/mol. The summed E-state index contributed by atoms with van der Waals surface area (Å²) in [5.41, 5.74) is 0.703. The topological polar surface area (TPSA) is 58.6 Å². The highest BCUT2D eigenvalue weighted by molar-refractivity contribution is 5.94. The maximum atomic E-state index is 11.1. The van der Waals surface area contributed by atoms with Crippen LogP contribution in [0, 0.1) is 0 Å². The molecule has 0 saturated heterocycles. The molecule has 0 aliphatic heterocycles. The second kappa shape index (κ2) is 5.87. The van der Waals surface area contributed by atoms with Crippen molar-refractivity contribution in [1.82, 2.24) is 0 Å². The van der Waals surface area contributed by atoms with E-state index in [1.807, 2.05) is 26.8 Å². The van der Waals surface area contributed by atoms with Gasteiger partial charge in [0.1, 0.15) is 0 Å². The van der Waals surface area contributed by atoms with Gasteiger partial charge in [0.2, 0.25) is 0 Å². The normalized spacial score (nSPS) is 13.1. The molecular weight excluding hydrogens is 230 g/mol. The number of methoxy groups -OCH3 is 1. The molecule has 0 radical (unpaired) electrons. The highest BCUT2D eigenvalue weighted by Crippen LogP contribution is 2.21. The van der Waals surface area contributed by atoms with Crippen molar-refractivity contribution in [3.63, 3.8) is 0 Å². The number of benzene rings is 1. The second-order valence-electron chi connectivity index (χ2n) is 5.06. The minimum Gasteiger partial charge on any atom is -0.478 e. The molecule has 0 saturated carbocycles. The predicted octanol–water partition coefficient (Wildman–Crippen LogP) is 3.00. The molecule has 18 heavy (non-hydrogen) atoms. The maximum absolute atomic E-state index is 11.1. The maximum Gasteiger partial charge on any atom is 0.337 e. The summed E-state index contributed by atoms with van der Waals surface area (Å²) in [7, 11) is 1.68. The number of carbonyl (C=O) groups is 1. The van der Waals surface area contributed by atoms with Crippen LogP contribution < -0.4 is 5.32 Å². The molecule has 1 unspecified atom stereocenters.